The van der Waals surface area contributed by atoms with E-state index >= 15 is 0 Å². The first-order valence-electron chi connectivity index (χ1n) is 13.8. The van der Waals surface area contributed by atoms with Crippen LogP contribution in [0, 0.1) is 0 Å². The monoisotopic (exact) mass is 513 g/mol. The van der Waals surface area contributed by atoms with Gasteiger partial charge in [0.25, 0.3) is 0 Å². The van der Waals surface area contributed by atoms with Crippen molar-refractivity contribution in [2.75, 3.05) is 11.4 Å². The SMILES string of the molecule is c1ccc2c(c1)CCN2c1ccc(-c2ccc(-c3ccc(-n4c5ccccc5c5ccccc54)cc3)cn2)cc1. The Morgan fingerprint density at radius 3 is 1.80 bits per heavy atom. The molecule has 0 atom stereocenters. The Balaban J connectivity index is 1.06. The molecule has 3 heterocycles. The molecule has 0 radical (unpaired) electrons. The van der Waals surface area contributed by atoms with Crippen LogP contribution in [-0.2, 0) is 6.42 Å². The average Bonchev–Trinajstić information content (AvgIpc) is 3.61. The summed E-state index contributed by atoms with van der Waals surface area (Å²) >= 11 is 0. The largest absolute Gasteiger partial charge is 0.341 e. The quantitative estimate of drug-likeness (QED) is 0.234. The second-order valence-electron chi connectivity index (χ2n) is 10.4. The molecule has 0 bridgehead atoms. The van der Waals surface area contributed by atoms with Crippen LogP contribution < -0.4 is 4.90 Å². The summed E-state index contributed by atoms with van der Waals surface area (Å²) in [5, 5.41) is 2.56. The molecule has 0 amide bonds. The van der Waals surface area contributed by atoms with E-state index in [1.165, 1.54) is 38.7 Å². The number of aromatic nitrogens is 2. The molecule has 0 fully saturated rings. The molecule has 0 N–H and O–H groups in total. The lowest BCUT2D eigenvalue weighted by Crippen LogP contribution is -2.12. The number of hydrogen-bond acceptors (Lipinski definition) is 2. The minimum Gasteiger partial charge on any atom is -0.341 e. The molecule has 0 saturated heterocycles. The lowest BCUT2D eigenvalue weighted by molar-refractivity contribution is 0.998. The van der Waals surface area contributed by atoms with Crippen molar-refractivity contribution in [3.63, 3.8) is 0 Å². The Bertz CT molecular complexity index is 1930. The number of para-hydroxylation sites is 3. The number of hydrogen-bond donors (Lipinski definition) is 0. The Kier molecular flexibility index (Phi) is 5.27. The van der Waals surface area contributed by atoms with Crippen molar-refractivity contribution in [1.29, 1.82) is 0 Å². The Morgan fingerprint density at radius 2 is 1.10 bits per heavy atom. The summed E-state index contributed by atoms with van der Waals surface area (Å²) in [5.41, 5.74) is 12.0. The minimum atomic E-state index is 0.985. The highest BCUT2D eigenvalue weighted by Crippen LogP contribution is 2.36. The minimum absolute atomic E-state index is 0.985. The summed E-state index contributed by atoms with van der Waals surface area (Å²) in [6.07, 6.45) is 3.08. The van der Waals surface area contributed by atoms with Gasteiger partial charge in [-0.05, 0) is 66.1 Å². The van der Waals surface area contributed by atoms with Gasteiger partial charge < -0.3 is 9.47 Å². The fourth-order valence-electron chi connectivity index (χ4n) is 6.16. The number of benzene rings is 5. The van der Waals surface area contributed by atoms with Gasteiger partial charge >= 0.3 is 0 Å². The predicted molar refractivity (Wildman–Crippen MR) is 167 cm³/mol. The molecule has 2 aromatic heterocycles. The van der Waals surface area contributed by atoms with Crippen LogP contribution >= 0.6 is 0 Å². The van der Waals surface area contributed by atoms with E-state index in [9.17, 15) is 0 Å². The second kappa shape index (κ2) is 9.25. The molecule has 8 rings (SSSR count). The molecule has 3 nitrogen and oxygen atoms in total. The van der Waals surface area contributed by atoms with Gasteiger partial charge in [-0.2, -0.15) is 0 Å². The van der Waals surface area contributed by atoms with Crippen LogP contribution in [0.1, 0.15) is 5.56 Å². The van der Waals surface area contributed by atoms with Crippen LogP contribution in [0.4, 0.5) is 11.4 Å². The second-order valence-corrected chi connectivity index (χ2v) is 10.4. The highest BCUT2D eigenvalue weighted by molar-refractivity contribution is 6.09. The van der Waals surface area contributed by atoms with E-state index in [1.807, 2.05) is 6.20 Å². The van der Waals surface area contributed by atoms with Crippen LogP contribution in [0.15, 0.2) is 140 Å². The van der Waals surface area contributed by atoms with E-state index in [4.69, 9.17) is 4.98 Å². The molecule has 5 aromatic carbocycles. The Morgan fingerprint density at radius 1 is 0.500 bits per heavy atom. The molecule has 3 heteroatoms. The number of nitrogens with zero attached hydrogens (tertiary/aromatic N) is 3. The molecule has 40 heavy (non-hydrogen) atoms. The summed E-state index contributed by atoms with van der Waals surface area (Å²) in [4.78, 5) is 7.23. The lowest BCUT2D eigenvalue weighted by atomic mass is 10.0. The van der Waals surface area contributed by atoms with Crippen LogP contribution in [0.25, 0.3) is 49.9 Å². The van der Waals surface area contributed by atoms with Crippen molar-refractivity contribution in [2.45, 2.75) is 6.42 Å². The molecule has 7 aromatic rings. The van der Waals surface area contributed by atoms with Crippen molar-refractivity contribution >= 4 is 33.2 Å². The third-order valence-corrected chi connectivity index (χ3v) is 8.16. The van der Waals surface area contributed by atoms with E-state index in [1.54, 1.807) is 0 Å². The average molecular weight is 514 g/mol. The predicted octanol–water partition coefficient (Wildman–Crippen LogP) is 9.21. The number of rotatable bonds is 4. The number of anilines is 2. The zero-order valence-corrected chi connectivity index (χ0v) is 22.0. The smallest absolute Gasteiger partial charge is 0.0702 e. The van der Waals surface area contributed by atoms with Gasteiger partial charge in [0.15, 0.2) is 0 Å². The van der Waals surface area contributed by atoms with E-state index in [0.717, 1.165) is 41.0 Å². The van der Waals surface area contributed by atoms with Crippen molar-refractivity contribution in [2.24, 2.45) is 0 Å². The van der Waals surface area contributed by atoms with Crippen LogP contribution in [-0.4, -0.2) is 16.1 Å². The summed E-state index contributed by atoms with van der Waals surface area (Å²) < 4.78 is 2.35. The van der Waals surface area contributed by atoms with E-state index in [0.29, 0.717) is 0 Å². The first-order valence-corrected chi connectivity index (χ1v) is 13.8. The van der Waals surface area contributed by atoms with E-state index in [-0.39, 0.29) is 0 Å². The standard InChI is InChI=1S/C37H27N3/c1-4-10-35-28(7-1)23-24-39(35)30-18-15-27(16-19-30)34-22-17-29(25-38-34)26-13-20-31(21-14-26)40-36-11-5-2-8-32(36)33-9-3-6-12-37(33)40/h1-22,25H,23-24H2. The van der Waals surface area contributed by atoms with E-state index < -0.39 is 0 Å². The summed E-state index contributed by atoms with van der Waals surface area (Å²) in [6, 6.07) is 47.8. The Labute approximate surface area is 233 Å². The molecule has 0 spiro atoms. The normalized spacial score (nSPS) is 12.8. The van der Waals surface area contributed by atoms with Gasteiger partial charge in [0.05, 0.1) is 16.7 Å². The van der Waals surface area contributed by atoms with Gasteiger partial charge in [-0.25, -0.2) is 0 Å². The molecule has 1 aliphatic heterocycles. The zero-order valence-electron chi connectivity index (χ0n) is 22.0. The summed E-state index contributed by atoms with van der Waals surface area (Å²) in [7, 11) is 0. The van der Waals surface area contributed by atoms with Crippen molar-refractivity contribution < 1.29 is 0 Å². The molecular weight excluding hydrogens is 486 g/mol. The number of pyridine rings is 1. The highest BCUT2D eigenvalue weighted by atomic mass is 15.2. The molecule has 0 unspecified atom stereocenters. The lowest BCUT2D eigenvalue weighted by Gasteiger charge is -2.19. The topological polar surface area (TPSA) is 21.1 Å². The fourth-order valence-corrected chi connectivity index (χ4v) is 6.16. The fraction of sp³-hybridized carbons (Fsp3) is 0.0541. The molecular formula is C37H27N3. The summed E-state index contributed by atoms with van der Waals surface area (Å²) in [5.74, 6) is 0. The van der Waals surface area contributed by atoms with Crippen LogP contribution in [0.2, 0.25) is 0 Å². The molecule has 0 saturated carbocycles. The third-order valence-electron chi connectivity index (χ3n) is 8.16. The van der Waals surface area contributed by atoms with Crippen molar-refractivity contribution in [3.8, 4) is 28.1 Å². The maximum atomic E-state index is 4.82. The first-order chi connectivity index (χ1) is 19.8. The maximum absolute atomic E-state index is 4.82. The van der Waals surface area contributed by atoms with Crippen molar-refractivity contribution in [3.05, 3.63) is 145 Å². The van der Waals surface area contributed by atoms with Crippen molar-refractivity contribution in [1.82, 2.24) is 9.55 Å². The maximum Gasteiger partial charge on any atom is 0.0702 e. The zero-order chi connectivity index (χ0) is 26.5. The number of fused-ring (bicyclic) bond motifs is 4. The Hall–Kier alpha value is -5.15. The highest BCUT2D eigenvalue weighted by Gasteiger charge is 2.19. The van der Waals surface area contributed by atoms with Gasteiger partial charge in [-0.3, -0.25) is 4.98 Å². The van der Waals surface area contributed by atoms with Crippen LogP contribution in [0.3, 0.4) is 0 Å². The van der Waals surface area contributed by atoms with Gasteiger partial charge in [0, 0.05) is 51.7 Å². The molecule has 0 aliphatic carbocycles. The third kappa shape index (κ3) is 3.70. The molecule has 1 aliphatic rings. The van der Waals surface area contributed by atoms with Gasteiger partial charge in [0.1, 0.15) is 0 Å². The van der Waals surface area contributed by atoms with Crippen LogP contribution in [0.5, 0.6) is 0 Å². The molecule has 190 valence electrons. The van der Waals surface area contributed by atoms with E-state index in [2.05, 4.69) is 143 Å². The van der Waals surface area contributed by atoms with Gasteiger partial charge in [-0.15, -0.1) is 0 Å². The summed E-state index contributed by atoms with van der Waals surface area (Å²) in [6.45, 7) is 1.03. The first kappa shape index (κ1) is 22.8. The van der Waals surface area contributed by atoms with Gasteiger partial charge in [0.2, 0.25) is 0 Å². The van der Waals surface area contributed by atoms with Gasteiger partial charge in [-0.1, -0.05) is 84.9 Å².